The SMILES string of the molecule is CCC(NCCC(F)(F)F)c1ccccc1OC. The van der Waals surface area contributed by atoms with Crippen molar-refractivity contribution < 1.29 is 17.9 Å². The minimum atomic E-state index is -4.12. The Morgan fingerprint density at radius 1 is 1.28 bits per heavy atom. The summed E-state index contributed by atoms with van der Waals surface area (Å²) in [6.45, 7) is 1.84. The van der Waals surface area contributed by atoms with Crippen LogP contribution in [0.25, 0.3) is 0 Å². The number of halogens is 3. The van der Waals surface area contributed by atoms with Crippen molar-refractivity contribution in [1.82, 2.24) is 5.32 Å². The molecule has 1 atom stereocenters. The molecule has 1 unspecified atom stereocenters. The van der Waals surface area contributed by atoms with E-state index in [1.165, 1.54) is 0 Å². The van der Waals surface area contributed by atoms with E-state index in [1.54, 1.807) is 7.11 Å². The Balaban J connectivity index is 2.65. The Morgan fingerprint density at radius 2 is 1.94 bits per heavy atom. The van der Waals surface area contributed by atoms with E-state index in [2.05, 4.69) is 5.32 Å². The summed E-state index contributed by atoms with van der Waals surface area (Å²) in [4.78, 5) is 0. The molecule has 18 heavy (non-hydrogen) atoms. The molecule has 0 amide bonds. The van der Waals surface area contributed by atoms with E-state index in [0.717, 1.165) is 5.56 Å². The van der Waals surface area contributed by atoms with E-state index in [4.69, 9.17) is 4.74 Å². The van der Waals surface area contributed by atoms with Crippen molar-refractivity contribution in [3.05, 3.63) is 29.8 Å². The van der Waals surface area contributed by atoms with Crippen LogP contribution < -0.4 is 10.1 Å². The highest BCUT2D eigenvalue weighted by Crippen LogP contribution is 2.27. The predicted molar refractivity (Wildman–Crippen MR) is 64.7 cm³/mol. The van der Waals surface area contributed by atoms with Crippen molar-refractivity contribution in [3.8, 4) is 5.75 Å². The van der Waals surface area contributed by atoms with Gasteiger partial charge in [0.05, 0.1) is 13.5 Å². The number of ether oxygens (including phenoxy) is 1. The van der Waals surface area contributed by atoms with Crippen molar-refractivity contribution in [2.75, 3.05) is 13.7 Å². The molecule has 1 rings (SSSR count). The van der Waals surface area contributed by atoms with Crippen LogP contribution in [0.5, 0.6) is 5.75 Å². The van der Waals surface area contributed by atoms with Gasteiger partial charge in [0, 0.05) is 18.2 Å². The maximum atomic E-state index is 12.1. The summed E-state index contributed by atoms with van der Waals surface area (Å²) >= 11 is 0. The van der Waals surface area contributed by atoms with E-state index < -0.39 is 12.6 Å². The van der Waals surface area contributed by atoms with Gasteiger partial charge in [0.25, 0.3) is 0 Å². The molecule has 0 bridgehead atoms. The molecular formula is C13H18F3NO. The number of para-hydroxylation sites is 1. The molecule has 2 nitrogen and oxygen atoms in total. The second-order valence-corrected chi connectivity index (χ2v) is 4.02. The molecule has 0 spiro atoms. The standard InChI is InChI=1S/C13H18F3NO/c1-3-11(17-9-8-13(14,15)16)10-6-4-5-7-12(10)18-2/h4-7,11,17H,3,8-9H2,1-2H3. The molecule has 0 aliphatic carbocycles. The quantitative estimate of drug-likeness (QED) is 0.843. The first-order valence-electron chi connectivity index (χ1n) is 5.91. The fourth-order valence-electron chi connectivity index (χ4n) is 1.82. The number of methoxy groups -OCH3 is 1. The van der Waals surface area contributed by atoms with E-state index in [-0.39, 0.29) is 12.6 Å². The molecule has 0 aliphatic rings. The highest BCUT2D eigenvalue weighted by atomic mass is 19.4. The third-order valence-electron chi connectivity index (χ3n) is 2.72. The first-order valence-corrected chi connectivity index (χ1v) is 5.91. The predicted octanol–water partition coefficient (Wildman–Crippen LogP) is 3.69. The summed E-state index contributed by atoms with van der Waals surface area (Å²) in [5, 5.41) is 2.92. The molecule has 0 aliphatic heterocycles. The fraction of sp³-hybridized carbons (Fsp3) is 0.538. The molecule has 1 aromatic rings. The second-order valence-electron chi connectivity index (χ2n) is 4.02. The topological polar surface area (TPSA) is 21.3 Å². The molecule has 0 aromatic heterocycles. The molecule has 0 saturated heterocycles. The van der Waals surface area contributed by atoms with Gasteiger partial charge in [-0.2, -0.15) is 13.2 Å². The van der Waals surface area contributed by atoms with Gasteiger partial charge in [-0.3, -0.25) is 0 Å². The summed E-state index contributed by atoms with van der Waals surface area (Å²) in [5.74, 6) is 0.698. The molecular weight excluding hydrogens is 243 g/mol. The number of hydrogen-bond acceptors (Lipinski definition) is 2. The maximum absolute atomic E-state index is 12.1. The monoisotopic (exact) mass is 261 g/mol. The summed E-state index contributed by atoms with van der Waals surface area (Å²) in [5.41, 5.74) is 0.893. The number of hydrogen-bond donors (Lipinski definition) is 1. The van der Waals surface area contributed by atoms with E-state index in [0.29, 0.717) is 12.2 Å². The zero-order valence-electron chi connectivity index (χ0n) is 10.6. The molecule has 1 N–H and O–H groups in total. The van der Waals surface area contributed by atoms with E-state index >= 15 is 0 Å². The van der Waals surface area contributed by atoms with Crippen molar-refractivity contribution in [1.29, 1.82) is 0 Å². The summed E-state index contributed by atoms with van der Waals surface area (Å²) in [7, 11) is 1.56. The number of benzene rings is 1. The van der Waals surface area contributed by atoms with Crippen LogP contribution in [0.3, 0.4) is 0 Å². The Bertz CT molecular complexity index is 365. The average Bonchev–Trinajstić information content (AvgIpc) is 2.33. The van der Waals surface area contributed by atoms with Crippen LogP contribution in [0, 0.1) is 0 Å². The molecule has 0 fully saturated rings. The van der Waals surface area contributed by atoms with Gasteiger partial charge in [-0.05, 0) is 12.5 Å². The lowest BCUT2D eigenvalue weighted by Crippen LogP contribution is -2.26. The highest BCUT2D eigenvalue weighted by Gasteiger charge is 2.26. The Morgan fingerprint density at radius 3 is 2.50 bits per heavy atom. The van der Waals surface area contributed by atoms with Gasteiger partial charge in [-0.25, -0.2) is 0 Å². The fourth-order valence-corrected chi connectivity index (χ4v) is 1.82. The van der Waals surface area contributed by atoms with Crippen LogP contribution in [-0.4, -0.2) is 19.8 Å². The molecule has 0 heterocycles. The summed E-state index contributed by atoms with van der Waals surface area (Å²) in [6, 6.07) is 7.25. The first kappa shape index (κ1) is 14.8. The molecule has 0 radical (unpaired) electrons. The van der Waals surface area contributed by atoms with Crippen molar-refractivity contribution in [3.63, 3.8) is 0 Å². The number of rotatable bonds is 6. The van der Waals surface area contributed by atoms with Crippen LogP contribution in [0.2, 0.25) is 0 Å². The van der Waals surface area contributed by atoms with Gasteiger partial charge in [0.15, 0.2) is 0 Å². The van der Waals surface area contributed by atoms with E-state index in [9.17, 15) is 13.2 Å². The van der Waals surface area contributed by atoms with Crippen LogP contribution >= 0.6 is 0 Å². The molecule has 1 aromatic carbocycles. The van der Waals surface area contributed by atoms with Gasteiger partial charge >= 0.3 is 6.18 Å². The van der Waals surface area contributed by atoms with Gasteiger partial charge in [0.2, 0.25) is 0 Å². The van der Waals surface area contributed by atoms with Crippen LogP contribution in [-0.2, 0) is 0 Å². The first-order chi connectivity index (χ1) is 8.48. The third kappa shape index (κ3) is 4.56. The lowest BCUT2D eigenvalue weighted by atomic mass is 10.0. The molecule has 102 valence electrons. The summed E-state index contributed by atoms with van der Waals surface area (Å²) < 4.78 is 41.5. The van der Waals surface area contributed by atoms with Gasteiger partial charge in [0.1, 0.15) is 5.75 Å². The molecule has 5 heteroatoms. The van der Waals surface area contributed by atoms with Gasteiger partial charge in [-0.1, -0.05) is 25.1 Å². The smallest absolute Gasteiger partial charge is 0.390 e. The average molecular weight is 261 g/mol. The highest BCUT2D eigenvalue weighted by molar-refractivity contribution is 5.35. The Kier molecular flexibility index (Phi) is 5.47. The van der Waals surface area contributed by atoms with E-state index in [1.807, 2.05) is 31.2 Å². The van der Waals surface area contributed by atoms with Crippen molar-refractivity contribution >= 4 is 0 Å². The second kappa shape index (κ2) is 6.64. The van der Waals surface area contributed by atoms with Gasteiger partial charge in [-0.15, -0.1) is 0 Å². The van der Waals surface area contributed by atoms with Crippen molar-refractivity contribution in [2.45, 2.75) is 32.0 Å². The van der Waals surface area contributed by atoms with Gasteiger partial charge < -0.3 is 10.1 Å². The van der Waals surface area contributed by atoms with Crippen LogP contribution in [0.4, 0.5) is 13.2 Å². The third-order valence-corrected chi connectivity index (χ3v) is 2.72. The molecule has 0 saturated carbocycles. The number of nitrogens with one attached hydrogen (secondary N) is 1. The zero-order chi connectivity index (χ0) is 13.6. The Labute approximate surface area is 105 Å². The van der Waals surface area contributed by atoms with Crippen molar-refractivity contribution in [2.24, 2.45) is 0 Å². The Hall–Kier alpha value is -1.23. The minimum absolute atomic E-state index is 0.0833. The largest absolute Gasteiger partial charge is 0.496 e. The lowest BCUT2D eigenvalue weighted by Gasteiger charge is -2.20. The van der Waals surface area contributed by atoms with Crippen LogP contribution in [0.1, 0.15) is 31.4 Å². The maximum Gasteiger partial charge on any atom is 0.390 e. The van der Waals surface area contributed by atoms with Crippen LogP contribution in [0.15, 0.2) is 24.3 Å². The number of alkyl halides is 3. The zero-order valence-corrected chi connectivity index (χ0v) is 10.6. The lowest BCUT2D eigenvalue weighted by molar-refractivity contribution is -0.133. The summed E-state index contributed by atoms with van der Waals surface area (Å²) in [6.07, 6.45) is -4.23. The minimum Gasteiger partial charge on any atom is -0.496 e. The normalized spacial score (nSPS) is 13.4.